The molecule has 1 aliphatic rings. The Labute approximate surface area is 125 Å². The number of nitro groups is 1. The molecule has 110 valence electrons. The smallest absolute Gasteiger partial charge is 0.269 e. The summed E-state index contributed by atoms with van der Waals surface area (Å²) < 4.78 is 0. The van der Waals surface area contributed by atoms with Gasteiger partial charge >= 0.3 is 0 Å². The van der Waals surface area contributed by atoms with Crippen LogP contribution in [0.1, 0.15) is 10.4 Å². The lowest BCUT2D eigenvalue weighted by Gasteiger charge is -2.28. The average Bonchev–Trinajstić information content (AvgIpc) is 2.47. The molecule has 1 fully saturated rings. The van der Waals surface area contributed by atoms with Crippen molar-refractivity contribution in [2.75, 3.05) is 19.6 Å². The topological polar surface area (TPSA) is 105 Å². The van der Waals surface area contributed by atoms with E-state index in [1.807, 2.05) is 0 Å². The van der Waals surface area contributed by atoms with Crippen LogP contribution in [0.2, 0.25) is 0 Å². The Hall–Kier alpha value is -2.55. The monoisotopic (exact) mass is 308 g/mol. The van der Waals surface area contributed by atoms with Crippen molar-refractivity contribution in [2.45, 2.75) is 0 Å². The van der Waals surface area contributed by atoms with Crippen LogP contribution >= 0.6 is 12.2 Å². The maximum absolute atomic E-state index is 12.0. The maximum Gasteiger partial charge on any atom is 0.269 e. The molecule has 1 aromatic rings. The number of rotatable bonds is 2. The minimum absolute atomic E-state index is 0.0955. The number of hydrogen-bond acceptors (Lipinski definition) is 5. The van der Waals surface area contributed by atoms with E-state index in [0.29, 0.717) is 13.1 Å². The summed E-state index contributed by atoms with van der Waals surface area (Å²) in [6.45, 7) is 1.08. The van der Waals surface area contributed by atoms with E-state index in [4.69, 9.17) is 12.2 Å². The lowest BCUT2D eigenvalue weighted by atomic mass is 10.2. The van der Waals surface area contributed by atoms with E-state index in [1.54, 1.807) is 4.90 Å². The number of carbonyl (C=O) groups excluding carboxylic acids is 2. The number of carbonyl (C=O) groups is 2. The van der Waals surface area contributed by atoms with Gasteiger partial charge in [-0.15, -0.1) is 0 Å². The van der Waals surface area contributed by atoms with Crippen LogP contribution in [-0.4, -0.2) is 46.4 Å². The van der Waals surface area contributed by atoms with Crippen LogP contribution in [0.25, 0.3) is 0 Å². The van der Waals surface area contributed by atoms with Crippen LogP contribution in [0, 0.1) is 10.1 Å². The molecular weight excluding hydrogens is 296 g/mol. The van der Waals surface area contributed by atoms with Crippen LogP contribution in [0.4, 0.5) is 5.69 Å². The molecule has 1 saturated heterocycles. The molecule has 0 bridgehead atoms. The highest BCUT2D eigenvalue weighted by Gasteiger charge is 2.20. The van der Waals surface area contributed by atoms with E-state index >= 15 is 0 Å². The van der Waals surface area contributed by atoms with Gasteiger partial charge in [0.15, 0.2) is 5.11 Å². The number of amides is 2. The van der Waals surface area contributed by atoms with E-state index in [0.717, 1.165) is 0 Å². The summed E-state index contributed by atoms with van der Waals surface area (Å²) in [6, 6.07) is 5.18. The molecule has 0 unspecified atom stereocenters. The summed E-state index contributed by atoms with van der Waals surface area (Å²) in [4.78, 5) is 34.8. The molecule has 1 aromatic carbocycles. The number of thiocarbonyl (C=S) groups is 1. The Balaban J connectivity index is 1.98. The molecule has 0 aliphatic carbocycles. The van der Waals surface area contributed by atoms with Crippen LogP contribution < -0.4 is 10.6 Å². The van der Waals surface area contributed by atoms with E-state index in [9.17, 15) is 19.7 Å². The third kappa shape index (κ3) is 3.72. The van der Waals surface area contributed by atoms with Gasteiger partial charge in [0.25, 0.3) is 11.6 Å². The SMILES string of the molecule is O=C1CN(C(=S)NC(=O)c2ccc([N+](=O)[O-])cc2)CCN1. The van der Waals surface area contributed by atoms with Crippen molar-refractivity contribution < 1.29 is 14.5 Å². The number of nitrogens with one attached hydrogen (secondary N) is 2. The van der Waals surface area contributed by atoms with Crippen molar-refractivity contribution >= 4 is 34.8 Å². The van der Waals surface area contributed by atoms with Crippen molar-refractivity contribution in [1.82, 2.24) is 15.5 Å². The second-order valence-electron chi connectivity index (χ2n) is 4.33. The number of nitrogens with zero attached hydrogens (tertiary/aromatic N) is 2. The molecule has 8 nitrogen and oxygen atoms in total. The first kappa shape index (κ1) is 14.9. The molecule has 0 saturated carbocycles. The van der Waals surface area contributed by atoms with Crippen LogP contribution in [0.3, 0.4) is 0 Å². The minimum atomic E-state index is -0.543. The van der Waals surface area contributed by atoms with Crippen LogP contribution in [0.15, 0.2) is 24.3 Å². The van der Waals surface area contributed by atoms with Crippen molar-refractivity contribution in [3.05, 3.63) is 39.9 Å². The highest BCUT2D eigenvalue weighted by Crippen LogP contribution is 2.11. The molecule has 21 heavy (non-hydrogen) atoms. The lowest BCUT2D eigenvalue weighted by molar-refractivity contribution is -0.384. The highest BCUT2D eigenvalue weighted by molar-refractivity contribution is 7.80. The second-order valence-corrected chi connectivity index (χ2v) is 4.72. The summed E-state index contributed by atoms with van der Waals surface area (Å²) in [5, 5.41) is 15.9. The summed E-state index contributed by atoms with van der Waals surface area (Å²) >= 11 is 5.08. The number of nitro benzene ring substituents is 1. The van der Waals surface area contributed by atoms with Gasteiger partial charge in [0.05, 0.1) is 11.5 Å². The fraction of sp³-hybridized carbons (Fsp3) is 0.250. The zero-order valence-electron chi connectivity index (χ0n) is 10.9. The Morgan fingerprint density at radius 1 is 1.38 bits per heavy atom. The van der Waals surface area contributed by atoms with Gasteiger partial charge in [0.1, 0.15) is 0 Å². The van der Waals surface area contributed by atoms with E-state index in [2.05, 4.69) is 10.6 Å². The molecule has 1 heterocycles. The summed E-state index contributed by atoms with van der Waals surface area (Å²) in [6.07, 6.45) is 0. The number of hydrogen-bond donors (Lipinski definition) is 2. The number of benzene rings is 1. The zero-order valence-corrected chi connectivity index (χ0v) is 11.7. The number of piperazine rings is 1. The Kier molecular flexibility index (Phi) is 4.43. The summed E-state index contributed by atoms with van der Waals surface area (Å²) in [7, 11) is 0. The molecule has 2 amide bonds. The Morgan fingerprint density at radius 3 is 2.62 bits per heavy atom. The average molecular weight is 308 g/mol. The largest absolute Gasteiger partial charge is 0.353 e. The quantitative estimate of drug-likeness (QED) is 0.454. The third-order valence-electron chi connectivity index (χ3n) is 2.89. The highest BCUT2D eigenvalue weighted by atomic mass is 32.1. The van der Waals surface area contributed by atoms with Gasteiger partial charge in [0, 0.05) is 30.8 Å². The van der Waals surface area contributed by atoms with E-state index < -0.39 is 10.8 Å². The van der Waals surface area contributed by atoms with Gasteiger partial charge in [-0.3, -0.25) is 25.0 Å². The zero-order chi connectivity index (χ0) is 15.4. The third-order valence-corrected chi connectivity index (χ3v) is 3.25. The van der Waals surface area contributed by atoms with Crippen molar-refractivity contribution in [2.24, 2.45) is 0 Å². The van der Waals surface area contributed by atoms with Gasteiger partial charge < -0.3 is 10.2 Å². The number of non-ortho nitro benzene ring substituents is 1. The standard InChI is InChI=1S/C12H12N4O4S/c17-10-7-15(6-5-13-10)12(21)14-11(18)8-1-3-9(4-2-8)16(19)20/h1-4H,5-7H2,(H,13,17)(H,14,18,21). The summed E-state index contributed by atoms with van der Waals surface area (Å²) in [5.74, 6) is -0.630. The van der Waals surface area contributed by atoms with Gasteiger partial charge in [-0.1, -0.05) is 0 Å². The van der Waals surface area contributed by atoms with Crippen molar-refractivity contribution in [3.8, 4) is 0 Å². The first-order chi connectivity index (χ1) is 9.97. The first-order valence-electron chi connectivity index (χ1n) is 6.09. The molecule has 0 radical (unpaired) electrons. The predicted molar refractivity (Wildman–Crippen MR) is 77.7 cm³/mol. The van der Waals surface area contributed by atoms with Crippen molar-refractivity contribution in [1.29, 1.82) is 0 Å². The van der Waals surface area contributed by atoms with Gasteiger partial charge in [-0.25, -0.2) is 0 Å². The van der Waals surface area contributed by atoms with Gasteiger partial charge in [-0.05, 0) is 24.4 Å². The van der Waals surface area contributed by atoms with Crippen LogP contribution in [-0.2, 0) is 4.79 Å². The van der Waals surface area contributed by atoms with Crippen molar-refractivity contribution in [3.63, 3.8) is 0 Å². The Bertz CT molecular complexity index is 602. The van der Waals surface area contributed by atoms with Gasteiger partial charge in [-0.2, -0.15) is 0 Å². The molecule has 1 aliphatic heterocycles. The van der Waals surface area contributed by atoms with E-state index in [-0.39, 0.29) is 28.8 Å². The van der Waals surface area contributed by atoms with Crippen LogP contribution in [0.5, 0.6) is 0 Å². The maximum atomic E-state index is 12.0. The second kappa shape index (κ2) is 6.27. The van der Waals surface area contributed by atoms with Gasteiger partial charge in [0.2, 0.25) is 5.91 Å². The van der Waals surface area contributed by atoms with E-state index in [1.165, 1.54) is 24.3 Å². The molecule has 9 heteroatoms. The molecular formula is C12H12N4O4S. The normalized spacial score (nSPS) is 14.3. The fourth-order valence-corrected chi connectivity index (χ4v) is 2.04. The molecule has 2 N–H and O–H groups in total. The summed E-state index contributed by atoms with van der Waals surface area (Å²) in [5.41, 5.74) is 0.159. The molecule has 0 spiro atoms. The molecule has 0 aromatic heterocycles. The molecule has 0 atom stereocenters. The fourth-order valence-electron chi connectivity index (χ4n) is 1.79. The lowest BCUT2D eigenvalue weighted by Crippen LogP contribution is -2.53. The first-order valence-corrected chi connectivity index (χ1v) is 6.49. The molecule has 2 rings (SSSR count). The minimum Gasteiger partial charge on any atom is -0.353 e. The Morgan fingerprint density at radius 2 is 2.05 bits per heavy atom. The predicted octanol–water partition coefficient (Wildman–Crippen LogP) is 0.0413.